The molecule has 0 fully saturated rings. The van der Waals surface area contributed by atoms with Crippen molar-refractivity contribution in [2.24, 2.45) is 4.99 Å². The fourth-order valence-corrected chi connectivity index (χ4v) is 3.12. The summed E-state index contributed by atoms with van der Waals surface area (Å²) in [7, 11) is 0. The Bertz CT molecular complexity index is 326. The fraction of sp³-hybridized carbons (Fsp3) is 0.850. The van der Waals surface area contributed by atoms with E-state index in [0.29, 0.717) is 6.54 Å². The molecule has 0 radical (unpaired) electrons. The van der Waals surface area contributed by atoms with Crippen LogP contribution in [-0.2, 0) is 0 Å². The molecule has 0 aromatic heterocycles. The topological polar surface area (TPSA) is 35.8 Å². The normalized spacial score (nSPS) is 14.9. The lowest BCUT2D eigenvalue weighted by molar-refractivity contribution is 0.257. The molecule has 0 bridgehead atoms. The minimum absolute atomic E-state index is 0.214. The van der Waals surface area contributed by atoms with E-state index in [4.69, 9.17) is 5.11 Å². The molecule has 0 aliphatic carbocycles. The Kier molecular flexibility index (Phi) is 13.0. The van der Waals surface area contributed by atoms with Gasteiger partial charge < -0.3 is 10.0 Å². The molecule has 23 heavy (non-hydrogen) atoms. The van der Waals surface area contributed by atoms with Gasteiger partial charge in [0.2, 0.25) is 0 Å². The van der Waals surface area contributed by atoms with Gasteiger partial charge in [0.15, 0.2) is 0 Å². The van der Waals surface area contributed by atoms with Gasteiger partial charge >= 0.3 is 0 Å². The van der Waals surface area contributed by atoms with Crippen LogP contribution in [0.1, 0.15) is 84.0 Å². The van der Waals surface area contributed by atoms with Gasteiger partial charge in [0, 0.05) is 13.1 Å². The second-order valence-electron chi connectivity index (χ2n) is 6.68. The minimum Gasteiger partial charge on any atom is -0.395 e. The number of allylic oxidation sites excluding steroid dienone is 1. The van der Waals surface area contributed by atoms with E-state index in [-0.39, 0.29) is 6.61 Å². The predicted molar refractivity (Wildman–Crippen MR) is 101 cm³/mol. The number of hydrogen-bond acceptors (Lipinski definition) is 3. The Hall–Kier alpha value is -0.830. The number of rotatable bonds is 15. The van der Waals surface area contributed by atoms with E-state index in [1.54, 1.807) is 0 Å². The molecule has 1 aliphatic rings. The van der Waals surface area contributed by atoms with Gasteiger partial charge in [0.05, 0.1) is 13.2 Å². The maximum absolute atomic E-state index is 9.01. The molecule has 0 aromatic carbocycles. The van der Waals surface area contributed by atoms with Crippen molar-refractivity contribution in [1.82, 2.24) is 4.90 Å². The molecule has 0 unspecified atom stereocenters. The van der Waals surface area contributed by atoms with Crippen LogP contribution in [-0.4, -0.2) is 42.1 Å². The van der Waals surface area contributed by atoms with Gasteiger partial charge in [-0.2, -0.15) is 0 Å². The summed E-state index contributed by atoms with van der Waals surface area (Å²) in [6, 6.07) is 0. The van der Waals surface area contributed by atoms with Crippen LogP contribution < -0.4 is 0 Å². The third-order valence-electron chi connectivity index (χ3n) is 4.58. The predicted octanol–water partition coefficient (Wildman–Crippen LogP) is 4.95. The highest BCUT2D eigenvalue weighted by Gasteiger charge is 2.12. The highest BCUT2D eigenvalue weighted by Crippen LogP contribution is 2.12. The lowest BCUT2D eigenvalue weighted by atomic mass is 10.1. The average Bonchev–Trinajstić information content (AvgIpc) is 2.99. The van der Waals surface area contributed by atoms with Gasteiger partial charge in [-0.25, -0.2) is 0 Å². The first kappa shape index (κ1) is 20.2. The van der Waals surface area contributed by atoms with Gasteiger partial charge in [0.25, 0.3) is 0 Å². The first-order valence-electron chi connectivity index (χ1n) is 9.95. The third-order valence-corrected chi connectivity index (χ3v) is 4.58. The van der Waals surface area contributed by atoms with E-state index in [1.807, 2.05) is 0 Å². The smallest absolute Gasteiger partial charge is 0.123 e. The van der Waals surface area contributed by atoms with Crippen LogP contribution in [0.25, 0.3) is 0 Å². The number of aliphatic imine (C=N–C) groups is 1. The molecule has 0 atom stereocenters. The van der Waals surface area contributed by atoms with Crippen molar-refractivity contribution < 1.29 is 5.11 Å². The largest absolute Gasteiger partial charge is 0.395 e. The van der Waals surface area contributed by atoms with Gasteiger partial charge in [-0.3, -0.25) is 4.99 Å². The van der Waals surface area contributed by atoms with Crippen LogP contribution in [0.15, 0.2) is 17.1 Å². The Morgan fingerprint density at radius 1 is 0.957 bits per heavy atom. The van der Waals surface area contributed by atoms with E-state index in [1.165, 1.54) is 70.6 Å². The maximum atomic E-state index is 9.01. The van der Waals surface area contributed by atoms with Gasteiger partial charge in [-0.1, -0.05) is 77.2 Å². The Morgan fingerprint density at radius 2 is 1.57 bits per heavy atom. The molecular formula is C20H38N2O. The monoisotopic (exact) mass is 322 g/mol. The molecule has 1 N–H and O–H groups in total. The van der Waals surface area contributed by atoms with Crippen LogP contribution in [0.5, 0.6) is 0 Å². The SMILES string of the molecule is CCCCCCCCCCCCC/C=C/C1=NCCN1CCO. The van der Waals surface area contributed by atoms with E-state index in [0.717, 1.165) is 25.3 Å². The van der Waals surface area contributed by atoms with E-state index in [9.17, 15) is 0 Å². The van der Waals surface area contributed by atoms with Crippen molar-refractivity contribution in [3.05, 3.63) is 12.2 Å². The summed E-state index contributed by atoms with van der Waals surface area (Å²) in [5.74, 6) is 1.06. The number of aliphatic hydroxyl groups is 1. The number of β-amino-alcohol motifs (C(OH)–C–C–N with tert-alkyl or cyclic N) is 1. The number of unbranched alkanes of at least 4 members (excludes halogenated alkanes) is 11. The second-order valence-corrected chi connectivity index (χ2v) is 6.68. The maximum Gasteiger partial charge on any atom is 0.123 e. The summed E-state index contributed by atoms with van der Waals surface area (Å²) in [6.45, 7) is 5.03. The Labute approximate surface area is 143 Å². The van der Waals surface area contributed by atoms with Crippen molar-refractivity contribution >= 4 is 5.84 Å². The van der Waals surface area contributed by atoms with Gasteiger partial charge in [-0.15, -0.1) is 0 Å². The molecule has 134 valence electrons. The summed E-state index contributed by atoms with van der Waals surface area (Å²) < 4.78 is 0. The Balaban J connectivity index is 1.87. The summed E-state index contributed by atoms with van der Waals surface area (Å²) in [5.41, 5.74) is 0. The molecule has 3 heteroatoms. The molecule has 1 aliphatic heterocycles. The Morgan fingerprint density at radius 3 is 2.17 bits per heavy atom. The molecule has 1 heterocycles. The standard InChI is InChI=1S/C20H38N2O/c1-2-3-4-5-6-7-8-9-10-11-12-13-14-15-20-21-16-17-22(20)18-19-23/h14-15,23H,2-13,16-19H2,1H3/b15-14+. The molecule has 0 saturated carbocycles. The quantitative estimate of drug-likeness (QED) is 0.433. The van der Waals surface area contributed by atoms with Gasteiger partial charge in [-0.05, 0) is 18.9 Å². The lowest BCUT2D eigenvalue weighted by Crippen LogP contribution is -2.29. The van der Waals surface area contributed by atoms with Crippen molar-refractivity contribution in [1.29, 1.82) is 0 Å². The average molecular weight is 323 g/mol. The van der Waals surface area contributed by atoms with E-state index >= 15 is 0 Å². The zero-order chi connectivity index (χ0) is 16.6. The number of hydrogen-bond donors (Lipinski definition) is 1. The van der Waals surface area contributed by atoms with Crippen molar-refractivity contribution in [2.45, 2.75) is 84.0 Å². The molecular weight excluding hydrogens is 284 g/mol. The van der Waals surface area contributed by atoms with Gasteiger partial charge in [0.1, 0.15) is 5.84 Å². The van der Waals surface area contributed by atoms with Crippen molar-refractivity contribution in [3.63, 3.8) is 0 Å². The van der Waals surface area contributed by atoms with E-state index in [2.05, 4.69) is 29.0 Å². The number of aliphatic hydroxyl groups excluding tert-OH is 1. The minimum atomic E-state index is 0.214. The van der Waals surface area contributed by atoms with Crippen molar-refractivity contribution in [3.8, 4) is 0 Å². The third kappa shape index (κ3) is 10.5. The zero-order valence-corrected chi connectivity index (χ0v) is 15.3. The lowest BCUT2D eigenvalue weighted by Gasteiger charge is -2.16. The highest BCUT2D eigenvalue weighted by atomic mass is 16.3. The van der Waals surface area contributed by atoms with Crippen LogP contribution in [0.2, 0.25) is 0 Å². The van der Waals surface area contributed by atoms with Crippen LogP contribution in [0.3, 0.4) is 0 Å². The summed E-state index contributed by atoms with van der Waals surface area (Å²) in [6.07, 6.45) is 20.9. The van der Waals surface area contributed by atoms with Crippen LogP contribution in [0, 0.1) is 0 Å². The molecule has 0 amide bonds. The molecule has 0 spiro atoms. The molecule has 0 aromatic rings. The second kappa shape index (κ2) is 14.7. The van der Waals surface area contributed by atoms with Crippen LogP contribution in [0.4, 0.5) is 0 Å². The summed E-state index contributed by atoms with van der Waals surface area (Å²) in [5, 5.41) is 9.01. The molecule has 1 rings (SSSR count). The van der Waals surface area contributed by atoms with Crippen molar-refractivity contribution in [2.75, 3.05) is 26.2 Å². The number of amidine groups is 1. The van der Waals surface area contributed by atoms with E-state index < -0.39 is 0 Å². The highest BCUT2D eigenvalue weighted by molar-refractivity contribution is 5.94. The molecule has 0 saturated heterocycles. The fourth-order valence-electron chi connectivity index (χ4n) is 3.12. The molecule has 3 nitrogen and oxygen atoms in total. The number of nitrogens with zero attached hydrogens (tertiary/aromatic N) is 2. The van der Waals surface area contributed by atoms with Crippen LogP contribution >= 0.6 is 0 Å². The summed E-state index contributed by atoms with van der Waals surface area (Å²) in [4.78, 5) is 6.64. The first-order valence-corrected chi connectivity index (χ1v) is 9.95. The summed E-state index contributed by atoms with van der Waals surface area (Å²) >= 11 is 0. The zero-order valence-electron chi connectivity index (χ0n) is 15.3. The first-order chi connectivity index (χ1) is 11.4.